The third-order valence-electron chi connectivity index (χ3n) is 6.67. The number of benzene rings is 1. The molecular weight excluding hydrogens is 414 g/mol. The topological polar surface area (TPSA) is 102 Å². The highest BCUT2D eigenvalue weighted by Crippen LogP contribution is 2.36. The zero-order valence-electron chi connectivity index (χ0n) is 18.5. The smallest absolute Gasteiger partial charge is 0.228 e. The summed E-state index contributed by atoms with van der Waals surface area (Å²) in [5.41, 5.74) is 14.5. The molecule has 0 fully saturated rings. The fourth-order valence-corrected chi connectivity index (χ4v) is 5.14. The van der Waals surface area contributed by atoms with E-state index < -0.39 is 0 Å². The number of fused-ring (bicyclic) bond motifs is 4. The normalized spacial score (nSPS) is 14.5. The minimum absolute atomic E-state index is 0.0548. The molecular formula is C25H25N7O. The maximum Gasteiger partial charge on any atom is 0.228 e. The van der Waals surface area contributed by atoms with E-state index in [-0.39, 0.29) is 5.91 Å². The number of anilines is 3. The van der Waals surface area contributed by atoms with Crippen molar-refractivity contribution in [2.75, 3.05) is 29.5 Å². The van der Waals surface area contributed by atoms with E-state index in [1.165, 1.54) is 23.1 Å². The predicted molar refractivity (Wildman–Crippen MR) is 129 cm³/mol. The summed E-state index contributed by atoms with van der Waals surface area (Å²) in [5.74, 6) is 1.45. The highest BCUT2D eigenvalue weighted by atomic mass is 16.1. The van der Waals surface area contributed by atoms with E-state index in [0.29, 0.717) is 12.2 Å². The summed E-state index contributed by atoms with van der Waals surface area (Å²) in [7, 11) is 2.04. The van der Waals surface area contributed by atoms with Crippen LogP contribution in [0.5, 0.6) is 0 Å². The molecule has 3 N–H and O–H groups in total. The lowest BCUT2D eigenvalue weighted by Gasteiger charge is -2.12. The van der Waals surface area contributed by atoms with Crippen LogP contribution in [0.3, 0.4) is 0 Å². The van der Waals surface area contributed by atoms with Crippen molar-refractivity contribution in [3.8, 4) is 5.69 Å². The number of aryl methyl sites for hydroxylation is 1. The summed E-state index contributed by atoms with van der Waals surface area (Å²) >= 11 is 0. The zero-order chi connectivity index (χ0) is 22.5. The van der Waals surface area contributed by atoms with Gasteiger partial charge in [0.1, 0.15) is 17.7 Å². The number of nitrogens with one attached hydrogen (secondary N) is 1. The fraction of sp³-hybridized carbons (Fsp3) is 0.280. The van der Waals surface area contributed by atoms with Gasteiger partial charge in [-0.2, -0.15) is 0 Å². The lowest BCUT2D eigenvalue weighted by atomic mass is 10.1. The predicted octanol–water partition coefficient (Wildman–Crippen LogP) is 3.06. The van der Waals surface area contributed by atoms with Crippen LogP contribution in [0, 0.1) is 0 Å². The summed E-state index contributed by atoms with van der Waals surface area (Å²) in [4.78, 5) is 28.0. The second kappa shape index (κ2) is 7.58. The maximum atomic E-state index is 12.6. The van der Waals surface area contributed by atoms with Crippen molar-refractivity contribution in [1.29, 1.82) is 0 Å². The van der Waals surface area contributed by atoms with Crippen LogP contribution in [0.25, 0.3) is 16.7 Å². The number of pyridine rings is 1. The van der Waals surface area contributed by atoms with Gasteiger partial charge in [-0.25, -0.2) is 15.0 Å². The number of amides is 1. The Bertz CT molecular complexity index is 1390. The summed E-state index contributed by atoms with van der Waals surface area (Å²) in [5, 5.41) is 3.00. The summed E-state index contributed by atoms with van der Waals surface area (Å²) in [6.45, 7) is 0.974. The monoisotopic (exact) mass is 439 g/mol. The molecule has 4 heterocycles. The number of carbonyl (C=O) groups excluding carboxylic acids is 1. The van der Waals surface area contributed by atoms with Crippen molar-refractivity contribution in [3.63, 3.8) is 0 Å². The Morgan fingerprint density at radius 3 is 2.82 bits per heavy atom. The van der Waals surface area contributed by atoms with Crippen molar-refractivity contribution >= 4 is 34.3 Å². The molecule has 1 aliphatic heterocycles. The standard InChI is InChI=1S/C25H25N7O/c1-31-10-9-16-11-15(13-27-25(16)31)12-21(33)30-17-5-7-18(8-6-17)32-20-4-2-3-19(20)22-23(32)24(26)29-14-28-22/h5-8,11,13-14H,2-4,9-10,12H2,1H3,(H,30,33)(H2,26,28,29). The van der Waals surface area contributed by atoms with Gasteiger partial charge in [0.2, 0.25) is 5.91 Å². The van der Waals surface area contributed by atoms with E-state index in [4.69, 9.17) is 5.73 Å². The number of hydrogen-bond donors (Lipinski definition) is 2. The molecule has 0 atom stereocenters. The lowest BCUT2D eigenvalue weighted by molar-refractivity contribution is -0.115. The van der Waals surface area contributed by atoms with Gasteiger partial charge in [-0.3, -0.25) is 4.79 Å². The molecule has 1 aliphatic carbocycles. The molecule has 1 amide bonds. The molecule has 8 heteroatoms. The van der Waals surface area contributed by atoms with Crippen molar-refractivity contribution in [2.24, 2.45) is 0 Å². The van der Waals surface area contributed by atoms with Gasteiger partial charge < -0.3 is 20.5 Å². The molecule has 1 aromatic carbocycles. The molecule has 0 spiro atoms. The van der Waals surface area contributed by atoms with Gasteiger partial charge in [0.25, 0.3) is 0 Å². The molecule has 2 aliphatic rings. The first-order valence-corrected chi connectivity index (χ1v) is 11.3. The van der Waals surface area contributed by atoms with Gasteiger partial charge in [0, 0.05) is 36.9 Å². The van der Waals surface area contributed by atoms with Crippen LogP contribution in [0.4, 0.5) is 17.3 Å². The summed E-state index contributed by atoms with van der Waals surface area (Å²) in [6.07, 6.45) is 7.73. The Labute approximate surface area is 191 Å². The average Bonchev–Trinajstić information content (AvgIpc) is 3.50. The Hall–Kier alpha value is -3.94. The van der Waals surface area contributed by atoms with E-state index in [1.807, 2.05) is 31.3 Å². The SMILES string of the molecule is CN1CCc2cc(CC(=O)Nc3ccc(-n4c5c(c6ncnc(N)c64)CCC5)cc3)cnc21. The van der Waals surface area contributed by atoms with E-state index >= 15 is 0 Å². The number of rotatable bonds is 4. The van der Waals surface area contributed by atoms with Crippen LogP contribution in [0.15, 0.2) is 42.9 Å². The number of likely N-dealkylation sites (N-methyl/N-ethyl adjacent to an activating group) is 1. The Kier molecular flexibility index (Phi) is 4.53. The molecule has 4 aromatic rings. The van der Waals surface area contributed by atoms with Crippen molar-refractivity contribution in [2.45, 2.75) is 32.1 Å². The molecule has 166 valence electrons. The number of carbonyl (C=O) groups is 1. The molecule has 3 aromatic heterocycles. The maximum absolute atomic E-state index is 12.6. The van der Waals surface area contributed by atoms with Crippen molar-refractivity contribution in [3.05, 3.63) is 65.2 Å². The van der Waals surface area contributed by atoms with E-state index in [2.05, 4.69) is 35.8 Å². The number of aromatic nitrogens is 4. The number of nitrogens with two attached hydrogens (primary N) is 1. The number of hydrogen-bond acceptors (Lipinski definition) is 6. The van der Waals surface area contributed by atoms with Gasteiger partial charge in [0.05, 0.1) is 11.9 Å². The summed E-state index contributed by atoms with van der Waals surface area (Å²) in [6, 6.07) is 9.96. The Morgan fingerprint density at radius 1 is 1.12 bits per heavy atom. The molecule has 6 rings (SSSR count). The largest absolute Gasteiger partial charge is 0.382 e. The van der Waals surface area contributed by atoms with Gasteiger partial charge in [-0.1, -0.05) is 6.07 Å². The number of nitrogen functional groups attached to an aromatic ring is 1. The lowest BCUT2D eigenvalue weighted by Crippen LogP contribution is -2.15. The average molecular weight is 440 g/mol. The molecule has 0 radical (unpaired) electrons. The van der Waals surface area contributed by atoms with E-state index in [0.717, 1.165) is 66.0 Å². The second-order valence-corrected chi connectivity index (χ2v) is 8.84. The van der Waals surface area contributed by atoms with Crippen LogP contribution >= 0.6 is 0 Å². The molecule has 0 saturated carbocycles. The minimum Gasteiger partial charge on any atom is -0.382 e. The van der Waals surface area contributed by atoms with Gasteiger partial charge in [-0.15, -0.1) is 0 Å². The Balaban J connectivity index is 1.23. The number of nitrogens with zero attached hydrogens (tertiary/aromatic N) is 5. The first kappa shape index (κ1) is 19.7. The van der Waals surface area contributed by atoms with Gasteiger partial charge >= 0.3 is 0 Å². The highest BCUT2D eigenvalue weighted by Gasteiger charge is 2.25. The van der Waals surface area contributed by atoms with Crippen LogP contribution in [-0.4, -0.2) is 39.0 Å². The first-order valence-electron chi connectivity index (χ1n) is 11.3. The third kappa shape index (κ3) is 3.29. The molecule has 0 bridgehead atoms. The molecule has 0 saturated heterocycles. The van der Waals surface area contributed by atoms with E-state index in [9.17, 15) is 4.79 Å². The molecule has 33 heavy (non-hydrogen) atoms. The van der Waals surface area contributed by atoms with Crippen LogP contribution in [0.1, 0.15) is 28.8 Å². The zero-order valence-corrected chi connectivity index (χ0v) is 18.5. The minimum atomic E-state index is -0.0548. The van der Waals surface area contributed by atoms with Gasteiger partial charge in [-0.05, 0) is 66.6 Å². The Morgan fingerprint density at radius 2 is 1.97 bits per heavy atom. The van der Waals surface area contributed by atoms with Crippen LogP contribution < -0.4 is 16.0 Å². The third-order valence-corrected chi connectivity index (χ3v) is 6.67. The van der Waals surface area contributed by atoms with E-state index in [1.54, 1.807) is 6.20 Å². The molecule has 8 nitrogen and oxygen atoms in total. The van der Waals surface area contributed by atoms with Crippen LogP contribution in [-0.2, 0) is 30.5 Å². The second-order valence-electron chi connectivity index (χ2n) is 8.84. The fourth-order valence-electron chi connectivity index (χ4n) is 5.14. The quantitative estimate of drug-likeness (QED) is 0.507. The first-order chi connectivity index (χ1) is 16.1. The highest BCUT2D eigenvalue weighted by molar-refractivity contribution is 5.93. The summed E-state index contributed by atoms with van der Waals surface area (Å²) < 4.78 is 2.17. The molecule has 0 unspecified atom stereocenters. The van der Waals surface area contributed by atoms with Crippen LogP contribution in [0.2, 0.25) is 0 Å². The van der Waals surface area contributed by atoms with Crippen molar-refractivity contribution in [1.82, 2.24) is 19.5 Å². The van der Waals surface area contributed by atoms with Crippen molar-refractivity contribution < 1.29 is 4.79 Å². The van der Waals surface area contributed by atoms with Gasteiger partial charge in [0.15, 0.2) is 5.82 Å².